The van der Waals surface area contributed by atoms with Gasteiger partial charge < -0.3 is 9.47 Å². The number of rotatable bonds is 4. The molecule has 1 aliphatic heterocycles. The molecule has 0 saturated carbocycles. The lowest BCUT2D eigenvalue weighted by molar-refractivity contribution is 0.245. The summed E-state index contributed by atoms with van der Waals surface area (Å²) in [5, 5.41) is 0. The monoisotopic (exact) mass is 353 g/mol. The Morgan fingerprint density at radius 1 is 0.692 bits per heavy atom. The molecule has 1 aromatic heterocycles. The van der Waals surface area contributed by atoms with E-state index in [-0.39, 0.29) is 11.6 Å². The minimum Gasteiger partial charge on any atom is -0.367 e. The van der Waals surface area contributed by atoms with Gasteiger partial charge in [-0.2, -0.15) is 0 Å². The fourth-order valence-corrected chi connectivity index (χ4v) is 3.51. The molecule has 0 bridgehead atoms. The molecule has 3 aromatic rings. The maximum atomic E-state index is 14.1. The van der Waals surface area contributed by atoms with Gasteiger partial charge in [0, 0.05) is 44.6 Å². The van der Waals surface area contributed by atoms with Crippen LogP contribution in [0.3, 0.4) is 0 Å². The van der Waals surface area contributed by atoms with Crippen molar-refractivity contribution >= 4 is 5.69 Å². The number of halogens is 2. The fourth-order valence-electron chi connectivity index (χ4n) is 3.51. The van der Waals surface area contributed by atoms with Gasteiger partial charge in [-0.25, -0.2) is 8.78 Å². The molecule has 3 nitrogen and oxygen atoms in total. The topological polar surface area (TPSA) is 11.4 Å². The first-order valence-electron chi connectivity index (χ1n) is 8.85. The van der Waals surface area contributed by atoms with Crippen molar-refractivity contribution in [1.29, 1.82) is 0 Å². The van der Waals surface area contributed by atoms with Crippen LogP contribution in [0.1, 0.15) is 5.69 Å². The van der Waals surface area contributed by atoms with Crippen LogP contribution in [-0.4, -0.2) is 35.6 Å². The highest BCUT2D eigenvalue weighted by atomic mass is 19.1. The number of para-hydroxylation sites is 2. The molecule has 0 amide bonds. The zero-order valence-corrected chi connectivity index (χ0v) is 14.5. The van der Waals surface area contributed by atoms with Gasteiger partial charge in [0.05, 0.1) is 11.4 Å². The summed E-state index contributed by atoms with van der Waals surface area (Å²) < 4.78 is 30.0. The molecule has 5 heteroatoms. The van der Waals surface area contributed by atoms with Crippen LogP contribution in [0, 0.1) is 11.6 Å². The van der Waals surface area contributed by atoms with Crippen molar-refractivity contribution in [3.05, 3.63) is 84.2 Å². The molecule has 1 saturated heterocycles. The molecule has 2 aromatic carbocycles. The molecule has 134 valence electrons. The van der Waals surface area contributed by atoms with Crippen molar-refractivity contribution in [2.45, 2.75) is 6.54 Å². The van der Waals surface area contributed by atoms with Gasteiger partial charge >= 0.3 is 0 Å². The van der Waals surface area contributed by atoms with Crippen molar-refractivity contribution in [2.24, 2.45) is 0 Å². The Bertz CT molecular complexity index is 882. The Kier molecular flexibility index (Phi) is 4.71. The van der Waals surface area contributed by atoms with Crippen LogP contribution < -0.4 is 4.90 Å². The average molecular weight is 353 g/mol. The third kappa shape index (κ3) is 3.35. The molecular formula is C21H21F2N3. The van der Waals surface area contributed by atoms with Gasteiger partial charge in [-0.3, -0.25) is 4.90 Å². The predicted octanol–water partition coefficient (Wildman–Crippen LogP) is 4.08. The normalized spacial score (nSPS) is 15.4. The summed E-state index contributed by atoms with van der Waals surface area (Å²) in [6, 6.07) is 17.7. The molecule has 1 fully saturated rings. The van der Waals surface area contributed by atoms with E-state index in [9.17, 15) is 8.78 Å². The minimum absolute atomic E-state index is 0.172. The number of benzene rings is 2. The second-order valence-electron chi connectivity index (χ2n) is 6.54. The third-order valence-corrected chi connectivity index (χ3v) is 4.90. The second kappa shape index (κ2) is 7.30. The number of piperazine rings is 1. The molecule has 0 atom stereocenters. The zero-order valence-electron chi connectivity index (χ0n) is 14.5. The SMILES string of the molecule is Fc1ccccc1N1CCN(Cc2cccn2-c2ccccc2F)CC1. The van der Waals surface area contributed by atoms with Crippen molar-refractivity contribution in [3.8, 4) is 5.69 Å². The molecular weight excluding hydrogens is 332 g/mol. The van der Waals surface area contributed by atoms with E-state index < -0.39 is 0 Å². The summed E-state index contributed by atoms with van der Waals surface area (Å²) >= 11 is 0. The fraction of sp³-hybridized carbons (Fsp3) is 0.238. The van der Waals surface area contributed by atoms with Gasteiger partial charge in [-0.1, -0.05) is 24.3 Å². The molecule has 2 heterocycles. The van der Waals surface area contributed by atoms with E-state index in [0.29, 0.717) is 11.4 Å². The van der Waals surface area contributed by atoms with E-state index in [1.807, 2.05) is 41.1 Å². The van der Waals surface area contributed by atoms with Crippen molar-refractivity contribution < 1.29 is 8.78 Å². The summed E-state index contributed by atoms with van der Waals surface area (Å²) in [5.74, 6) is -0.399. The quantitative estimate of drug-likeness (QED) is 0.700. The van der Waals surface area contributed by atoms with Gasteiger partial charge in [-0.15, -0.1) is 0 Å². The maximum absolute atomic E-state index is 14.1. The lowest BCUT2D eigenvalue weighted by Gasteiger charge is -2.36. The maximum Gasteiger partial charge on any atom is 0.147 e. The molecule has 0 spiro atoms. The van der Waals surface area contributed by atoms with Crippen LogP contribution in [0.5, 0.6) is 0 Å². The standard InChI is InChI=1S/C21H21F2N3/c22-18-7-1-3-9-20(18)25-14-12-24(13-15-25)16-17-6-5-11-26(17)21-10-4-2-8-19(21)23/h1-11H,12-16H2. The van der Waals surface area contributed by atoms with E-state index in [1.165, 1.54) is 12.1 Å². The Hall–Kier alpha value is -2.66. The van der Waals surface area contributed by atoms with Crippen LogP contribution >= 0.6 is 0 Å². The number of aromatic nitrogens is 1. The Balaban J connectivity index is 1.44. The Labute approximate surface area is 152 Å². The molecule has 4 rings (SSSR count). The van der Waals surface area contributed by atoms with Crippen LogP contribution in [0.15, 0.2) is 66.9 Å². The van der Waals surface area contributed by atoms with Gasteiger partial charge in [0.25, 0.3) is 0 Å². The van der Waals surface area contributed by atoms with E-state index in [1.54, 1.807) is 18.2 Å². The minimum atomic E-state index is -0.227. The van der Waals surface area contributed by atoms with Crippen molar-refractivity contribution in [3.63, 3.8) is 0 Å². The number of hydrogen-bond donors (Lipinski definition) is 0. The number of hydrogen-bond acceptors (Lipinski definition) is 2. The van der Waals surface area contributed by atoms with Gasteiger partial charge in [-0.05, 0) is 36.4 Å². The van der Waals surface area contributed by atoms with Crippen molar-refractivity contribution in [1.82, 2.24) is 9.47 Å². The summed E-state index contributed by atoms with van der Waals surface area (Å²) in [7, 11) is 0. The van der Waals surface area contributed by atoms with Gasteiger partial charge in [0.1, 0.15) is 11.6 Å². The molecule has 1 aliphatic rings. The summed E-state index contributed by atoms with van der Waals surface area (Å²) in [5.41, 5.74) is 2.29. The lowest BCUT2D eigenvalue weighted by Crippen LogP contribution is -2.46. The molecule has 0 unspecified atom stereocenters. The molecule has 0 N–H and O–H groups in total. The van der Waals surface area contributed by atoms with Crippen LogP contribution in [0.4, 0.5) is 14.5 Å². The highest BCUT2D eigenvalue weighted by Crippen LogP contribution is 2.22. The van der Waals surface area contributed by atoms with E-state index in [4.69, 9.17) is 0 Å². The summed E-state index contributed by atoms with van der Waals surface area (Å²) in [6.45, 7) is 3.99. The number of anilines is 1. The predicted molar refractivity (Wildman–Crippen MR) is 99.6 cm³/mol. The third-order valence-electron chi connectivity index (χ3n) is 4.90. The first-order chi connectivity index (χ1) is 12.7. The van der Waals surface area contributed by atoms with Crippen molar-refractivity contribution in [2.75, 3.05) is 31.1 Å². The molecule has 0 radical (unpaired) electrons. The van der Waals surface area contributed by atoms with Crippen LogP contribution in [0.2, 0.25) is 0 Å². The summed E-state index contributed by atoms with van der Waals surface area (Å²) in [4.78, 5) is 4.41. The second-order valence-corrected chi connectivity index (χ2v) is 6.54. The Morgan fingerprint density at radius 3 is 1.96 bits per heavy atom. The Morgan fingerprint density at radius 2 is 1.31 bits per heavy atom. The van der Waals surface area contributed by atoms with Crippen LogP contribution in [0.25, 0.3) is 5.69 Å². The first kappa shape index (κ1) is 16.8. The lowest BCUT2D eigenvalue weighted by atomic mass is 10.2. The highest BCUT2D eigenvalue weighted by molar-refractivity contribution is 5.48. The highest BCUT2D eigenvalue weighted by Gasteiger charge is 2.20. The average Bonchev–Trinajstić information content (AvgIpc) is 3.11. The first-order valence-corrected chi connectivity index (χ1v) is 8.85. The molecule has 26 heavy (non-hydrogen) atoms. The zero-order chi connectivity index (χ0) is 17.9. The van der Waals surface area contributed by atoms with E-state index >= 15 is 0 Å². The number of nitrogens with zero attached hydrogens (tertiary/aromatic N) is 3. The smallest absolute Gasteiger partial charge is 0.147 e. The van der Waals surface area contributed by atoms with E-state index in [2.05, 4.69) is 9.80 Å². The summed E-state index contributed by atoms with van der Waals surface area (Å²) in [6.07, 6.45) is 1.89. The largest absolute Gasteiger partial charge is 0.367 e. The van der Waals surface area contributed by atoms with Gasteiger partial charge in [0.2, 0.25) is 0 Å². The van der Waals surface area contributed by atoms with Crippen LogP contribution in [-0.2, 0) is 6.54 Å². The van der Waals surface area contributed by atoms with Gasteiger partial charge in [0.15, 0.2) is 0 Å². The molecule has 0 aliphatic carbocycles. The van der Waals surface area contributed by atoms with E-state index in [0.717, 1.165) is 38.4 Å².